The van der Waals surface area contributed by atoms with Crippen LogP contribution in [-0.4, -0.2) is 57.1 Å². The third kappa shape index (κ3) is 5.32. The summed E-state index contributed by atoms with van der Waals surface area (Å²) >= 11 is 0. The molecule has 1 saturated heterocycles. The Bertz CT molecular complexity index is 554. The van der Waals surface area contributed by atoms with Gasteiger partial charge in [-0.25, -0.2) is 0 Å². The fraction of sp³-hybridized carbons (Fsp3) is 0.556. The number of methoxy groups -OCH3 is 1. The van der Waals surface area contributed by atoms with Gasteiger partial charge in [-0.15, -0.1) is 0 Å². The van der Waals surface area contributed by atoms with E-state index < -0.39 is 0 Å². The van der Waals surface area contributed by atoms with Crippen LogP contribution in [0.25, 0.3) is 0 Å². The number of amides is 2. The largest absolute Gasteiger partial charge is 0.385 e. The zero-order valence-electron chi connectivity index (χ0n) is 14.5. The summed E-state index contributed by atoms with van der Waals surface area (Å²) in [6.07, 6.45) is 2.47. The molecule has 0 unspecified atom stereocenters. The molecule has 2 N–H and O–H groups in total. The second-order valence-corrected chi connectivity index (χ2v) is 6.21. The third-order valence-electron chi connectivity index (χ3n) is 4.33. The fourth-order valence-corrected chi connectivity index (χ4v) is 2.81. The molecule has 6 nitrogen and oxygen atoms in total. The molecule has 0 aromatic heterocycles. The predicted octanol–water partition coefficient (Wildman–Crippen LogP) is 1.73. The monoisotopic (exact) mass is 333 g/mol. The van der Waals surface area contributed by atoms with E-state index in [-0.39, 0.29) is 17.7 Å². The van der Waals surface area contributed by atoms with Gasteiger partial charge in [0.2, 0.25) is 5.91 Å². The van der Waals surface area contributed by atoms with Crippen LogP contribution < -0.4 is 10.6 Å². The first kappa shape index (κ1) is 18.4. The molecule has 0 aliphatic carbocycles. The lowest BCUT2D eigenvalue weighted by Crippen LogP contribution is -2.36. The summed E-state index contributed by atoms with van der Waals surface area (Å²) in [4.78, 5) is 27.0. The molecule has 1 aromatic carbocycles. The van der Waals surface area contributed by atoms with Gasteiger partial charge < -0.3 is 20.3 Å². The molecule has 0 atom stereocenters. The number of hydrogen-bond acceptors (Lipinski definition) is 4. The highest BCUT2D eigenvalue weighted by Gasteiger charge is 2.24. The van der Waals surface area contributed by atoms with Crippen LogP contribution in [0.3, 0.4) is 0 Å². The summed E-state index contributed by atoms with van der Waals surface area (Å²) in [6.45, 7) is 3.01. The summed E-state index contributed by atoms with van der Waals surface area (Å²) in [5.41, 5.74) is 1.07. The van der Waals surface area contributed by atoms with Gasteiger partial charge in [-0.2, -0.15) is 0 Å². The minimum absolute atomic E-state index is 0.00253. The van der Waals surface area contributed by atoms with E-state index in [0.717, 1.165) is 32.4 Å². The average Bonchev–Trinajstić information content (AvgIpc) is 2.59. The van der Waals surface area contributed by atoms with Crippen molar-refractivity contribution in [3.63, 3.8) is 0 Å². The van der Waals surface area contributed by atoms with Crippen LogP contribution in [0.1, 0.15) is 29.6 Å². The number of nitrogens with zero attached hydrogens (tertiary/aromatic N) is 1. The normalized spacial score (nSPS) is 15.9. The number of anilines is 1. The summed E-state index contributed by atoms with van der Waals surface area (Å²) in [7, 11) is 3.70. The molecule has 24 heavy (non-hydrogen) atoms. The first-order valence-electron chi connectivity index (χ1n) is 8.47. The summed E-state index contributed by atoms with van der Waals surface area (Å²) in [6, 6.07) is 7.13. The van der Waals surface area contributed by atoms with E-state index in [4.69, 9.17) is 4.74 Å². The van der Waals surface area contributed by atoms with Crippen molar-refractivity contribution in [3.05, 3.63) is 29.8 Å². The predicted molar refractivity (Wildman–Crippen MR) is 94.1 cm³/mol. The highest BCUT2D eigenvalue weighted by atomic mass is 16.5. The molecule has 1 heterocycles. The molecule has 1 aromatic rings. The van der Waals surface area contributed by atoms with Crippen molar-refractivity contribution < 1.29 is 14.3 Å². The summed E-state index contributed by atoms with van der Waals surface area (Å²) in [5.74, 6) is -0.160. The Balaban J connectivity index is 1.95. The van der Waals surface area contributed by atoms with Crippen LogP contribution >= 0.6 is 0 Å². The van der Waals surface area contributed by atoms with Crippen LogP contribution in [0.4, 0.5) is 5.69 Å². The Hall–Kier alpha value is -1.92. The minimum Gasteiger partial charge on any atom is -0.385 e. The van der Waals surface area contributed by atoms with Gasteiger partial charge in [0.05, 0.1) is 11.3 Å². The molecule has 0 radical (unpaired) electrons. The Morgan fingerprint density at radius 1 is 1.25 bits per heavy atom. The smallest absolute Gasteiger partial charge is 0.253 e. The number of ether oxygens (including phenoxy) is 1. The number of piperidine rings is 1. The molecule has 1 aliphatic heterocycles. The highest BCUT2D eigenvalue weighted by Crippen LogP contribution is 2.20. The van der Waals surface area contributed by atoms with Crippen LogP contribution in [0.5, 0.6) is 0 Å². The van der Waals surface area contributed by atoms with Crippen LogP contribution in [0.15, 0.2) is 24.3 Å². The Labute approximate surface area is 143 Å². The van der Waals surface area contributed by atoms with Gasteiger partial charge >= 0.3 is 0 Å². The molecule has 2 amide bonds. The first-order chi connectivity index (χ1) is 11.6. The number of para-hydroxylation sites is 1. The van der Waals surface area contributed by atoms with Crippen molar-refractivity contribution in [2.45, 2.75) is 19.3 Å². The number of carbonyl (C=O) groups excluding carboxylic acids is 2. The lowest BCUT2D eigenvalue weighted by Gasteiger charge is -2.28. The second-order valence-electron chi connectivity index (χ2n) is 6.21. The van der Waals surface area contributed by atoms with Crippen molar-refractivity contribution in [2.75, 3.05) is 45.7 Å². The SMILES string of the molecule is COCCCNC(=O)c1ccccc1NC(=O)C1CCN(C)CC1. The van der Waals surface area contributed by atoms with Gasteiger partial charge in [-0.3, -0.25) is 9.59 Å². The van der Waals surface area contributed by atoms with E-state index in [9.17, 15) is 9.59 Å². The Kier molecular flexibility index (Phi) is 7.21. The molecule has 1 aliphatic rings. The van der Waals surface area contributed by atoms with E-state index in [0.29, 0.717) is 24.4 Å². The van der Waals surface area contributed by atoms with E-state index in [1.807, 2.05) is 6.07 Å². The molecule has 0 bridgehead atoms. The number of nitrogens with one attached hydrogen (secondary N) is 2. The van der Waals surface area contributed by atoms with Gasteiger partial charge in [0, 0.05) is 26.2 Å². The second kappa shape index (κ2) is 9.39. The minimum atomic E-state index is -0.176. The topological polar surface area (TPSA) is 70.7 Å². The van der Waals surface area contributed by atoms with Crippen molar-refractivity contribution in [1.82, 2.24) is 10.2 Å². The Morgan fingerprint density at radius 2 is 1.96 bits per heavy atom. The van der Waals surface area contributed by atoms with Crippen LogP contribution in [0.2, 0.25) is 0 Å². The van der Waals surface area contributed by atoms with Gasteiger partial charge in [0.25, 0.3) is 5.91 Å². The van der Waals surface area contributed by atoms with E-state index in [2.05, 4.69) is 22.6 Å². The maximum Gasteiger partial charge on any atom is 0.253 e. The quantitative estimate of drug-likeness (QED) is 0.746. The van der Waals surface area contributed by atoms with E-state index in [1.165, 1.54) is 0 Å². The van der Waals surface area contributed by atoms with Gasteiger partial charge in [-0.1, -0.05) is 12.1 Å². The van der Waals surface area contributed by atoms with Gasteiger partial charge in [0.15, 0.2) is 0 Å². The van der Waals surface area contributed by atoms with E-state index in [1.54, 1.807) is 25.3 Å². The van der Waals surface area contributed by atoms with Gasteiger partial charge in [-0.05, 0) is 51.5 Å². The molecule has 0 saturated carbocycles. The third-order valence-corrected chi connectivity index (χ3v) is 4.33. The molecule has 6 heteroatoms. The summed E-state index contributed by atoms with van der Waals surface area (Å²) < 4.78 is 4.97. The van der Waals surface area contributed by atoms with Crippen LogP contribution in [-0.2, 0) is 9.53 Å². The fourth-order valence-electron chi connectivity index (χ4n) is 2.81. The van der Waals surface area contributed by atoms with Crippen molar-refractivity contribution >= 4 is 17.5 Å². The highest BCUT2D eigenvalue weighted by molar-refractivity contribution is 6.04. The maximum atomic E-state index is 12.5. The van der Waals surface area contributed by atoms with Crippen LogP contribution in [0, 0.1) is 5.92 Å². The van der Waals surface area contributed by atoms with Crippen molar-refractivity contribution in [3.8, 4) is 0 Å². The lowest BCUT2D eigenvalue weighted by molar-refractivity contribution is -0.121. The standard InChI is InChI=1S/C18H27N3O3/c1-21-11-8-14(9-12-21)17(22)20-16-7-4-3-6-15(16)18(23)19-10-5-13-24-2/h3-4,6-7,14H,5,8-13H2,1-2H3,(H,19,23)(H,20,22). The first-order valence-corrected chi connectivity index (χ1v) is 8.47. The number of carbonyl (C=O) groups is 2. The number of hydrogen-bond donors (Lipinski definition) is 2. The van der Waals surface area contributed by atoms with Crippen molar-refractivity contribution in [2.24, 2.45) is 5.92 Å². The van der Waals surface area contributed by atoms with Gasteiger partial charge in [0.1, 0.15) is 0 Å². The zero-order chi connectivity index (χ0) is 17.4. The molecular weight excluding hydrogens is 306 g/mol. The zero-order valence-corrected chi connectivity index (χ0v) is 14.5. The number of rotatable bonds is 7. The summed E-state index contributed by atoms with van der Waals surface area (Å²) in [5, 5.41) is 5.79. The van der Waals surface area contributed by atoms with E-state index >= 15 is 0 Å². The van der Waals surface area contributed by atoms with Crippen molar-refractivity contribution in [1.29, 1.82) is 0 Å². The number of likely N-dealkylation sites (tertiary alicyclic amines) is 1. The Morgan fingerprint density at radius 3 is 2.67 bits per heavy atom. The molecule has 132 valence electrons. The lowest BCUT2D eigenvalue weighted by atomic mass is 9.96. The molecular formula is C18H27N3O3. The molecule has 1 fully saturated rings. The number of benzene rings is 1. The maximum absolute atomic E-state index is 12.5. The average molecular weight is 333 g/mol. The molecule has 0 spiro atoms. The molecule has 2 rings (SSSR count).